The monoisotopic (exact) mass is 183 g/mol. The second kappa shape index (κ2) is 6.13. The van der Waals surface area contributed by atoms with Gasteiger partial charge in [0.25, 0.3) is 0 Å². The molecule has 70 valence electrons. The van der Waals surface area contributed by atoms with Gasteiger partial charge in [0, 0.05) is 11.8 Å². The quantitative estimate of drug-likeness (QED) is 0.445. The first-order chi connectivity index (χ1) is 6.24. The molecule has 1 aromatic heterocycles. The Balaban J connectivity index is 0.000000671. The van der Waals surface area contributed by atoms with E-state index >= 15 is 0 Å². The molecule has 0 N–H and O–H groups in total. The van der Waals surface area contributed by atoms with Gasteiger partial charge >= 0.3 is 0 Å². The van der Waals surface area contributed by atoms with Crippen LogP contribution in [0.4, 0.5) is 8.78 Å². The zero-order valence-corrected chi connectivity index (χ0v) is 7.86. The summed E-state index contributed by atoms with van der Waals surface area (Å²) in [5, 5.41) is 0. The molecule has 0 bridgehead atoms. The van der Waals surface area contributed by atoms with E-state index in [2.05, 4.69) is 16.8 Å². The van der Waals surface area contributed by atoms with E-state index in [1.54, 1.807) is 6.92 Å². The summed E-state index contributed by atoms with van der Waals surface area (Å²) < 4.78 is 24.6. The van der Waals surface area contributed by atoms with Crippen molar-refractivity contribution in [3.05, 3.63) is 29.6 Å². The molecule has 0 radical (unpaired) electrons. The van der Waals surface area contributed by atoms with E-state index in [-0.39, 0.29) is 0 Å². The van der Waals surface area contributed by atoms with Gasteiger partial charge in [0.2, 0.25) is 5.95 Å². The van der Waals surface area contributed by atoms with E-state index in [4.69, 9.17) is 0 Å². The number of halogens is 2. The first-order valence-electron chi connectivity index (χ1n) is 3.98. The van der Waals surface area contributed by atoms with Gasteiger partial charge in [-0.2, -0.15) is 4.39 Å². The van der Waals surface area contributed by atoms with Gasteiger partial charge in [0.15, 0.2) is 5.82 Å². The van der Waals surface area contributed by atoms with Gasteiger partial charge in [-0.05, 0) is 13.0 Å². The highest BCUT2D eigenvalue weighted by atomic mass is 19.2. The summed E-state index contributed by atoms with van der Waals surface area (Å²) in [7, 11) is 0. The molecule has 1 rings (SSSR count). The molecule has 3 heteroatoms. The number of hydrogen-bond donors (Lipinski definition) is 0. The lowest BCUT2D eigenvalue weighted by Gasteiger charge is -1.90. The first-order valence-corrected chi connectivity index (χ1v) is 3.98. The first kappa shape index (κ1) is 11.6. The molecule has 0 saturated heterocycles. The van der Waals surface area contributed by atoms with Crippen LogP contribution in [0.2, 0.25) is 0 Å². The van der Waals surface area contributed by atoms with Gasteiger partial charge in [-0.15, -0.1) is 5.92 Å². The van der Waals surface area contributed by atoms with Gasteiger partial charge in [-0.1, -0.05) is 19.8 Å². The van der Waals surface area contributed by atoms with Crippen LogP contribution in [0.3, 0.4) is 0 Å². The Morgan fingerprint density at radius 3 is 2.38 bits per heavy atom. The third-order valence-electron chi connectivity index (χ3n) is 1.07. The van der Waals surface area contributed by atoms with Crippen molar-refractivity contribution in [3.8, 4) is 11.8 Å². The number of nitrogens with zero attached hydrogens (tertiary/aromatic N) is 1. The lowest BCUT2D eigenvalue weighted by Crippen LogP contribution is -1.89. The van der Waals surface area contributed by atoms with Gasteiger partial charge in [-0.25, -0.2) is 9.37 Å². The maximum Gasteiger partial charge on any atom is 0.248 e. The third kappa shape index (κ3) is 3.66. The van der Waals surface area contributed by atoms with Crippen molar-refractivity contribution < 1.29 is 8.78 Å². The van der Waals surface area contributed by atoms with Crippen LogP contribution in [0.1, 0.15) is 26.3 Å². The van der Waals surface area contributed by atoms with Crippen LogP contribution in [-0.4, -0.2) is 4.98 Å². The standard InChI is InChI=1S/C8H5F2N.C2H6/c1-2-3-6-4-7(9)8(10)11-5-6;1-2/h4-5H,1H3;1-2H3. The van der Waals surface area contributed by atoms with E-state index in [0.717, 1.165) is 6.07 Å². The number of hydrogen-bond acceptors (Lipinski definition) is 1. The topological polar surface area (TPSA) is 12.9 Å². The van der Waals surface area contributed by atoms with Crippen LogP contribution >= 0.6 is 0 Å². The zero-order chi connectivity index (χ0) is 10.3. The van der Waals surface area contributed by atoms with Crippen LogP contribution in [-0.2, 0) is 0 Å². The van der Waals surface area contributed by atoms with Gasteiger partial charge < -0.3 is 0 Å². The molecule has 0 amide bonds. The molecule has 0 aliphatic rings. The Labute approximate surface area is 76.8 Å². The second-order valence-corrected chi connectivity index (χ2v) is 1.87. The highest BCUT2D eigenvalue weighted by Crippen LogP contribution is 2.03. The molecule has 1 aromatic rings. The molecule has 0 aromatic carbocycles. The molecular weight excluding hydrogens is 172 g/mol. The minimum atomic E-state index is -1.09. The summed E-state index contributed by atoms with van der Waals surface area (Å²) in [5.41, 5.74) is 0.381. The maximum absolute atomic E-state index is 12.4. The normalized spacial score (nSPS) is 7.77. The van der Waals surface area contributed by atoms with Gasteiger partial charge in [0.1, 0.15) is 0 Å². The molecule has 13 heavy (non-hydrogen) atoms. The highest BCUT2D eigenvalue weighted by molar-refractivity contribution is 5.31. The fraction of sp³-hybridized carbons (Fsp3) is 0.300. The van der Waals surface area contributed by atoms with Crippen molar-refractivity contribution in [2.24, 2.45) is 0 Å². The third-order valence-corrected chi connectivity index (χ3v) is 1.07. The summed E-state index contributed by atoms with van der Waals surface area (Å²) in [6.45, 7) is 5.61. The van der Waals surface area contributed by atoms with Gasteiger partial charge in [-0.3, -0.25) is 0 Å². The lowest BCUT2D eigenvalue weighted by molar-refractivity contribution is 0.479. The van der Waals surface area contributed by atoms with Crippen molar-refractivity contribution in [3.63, 3.8) is 0 Å². The Bertz CT molecular complexity index is 323. The van der Waals surface area contributed by atoms with E-state index in [0.29, 0.717) is 5.56 Å². The number of rotatable bonds is 0. The fourth-order valence-corrected chi connectivity index (χ4v) is 0.634. The largest absolute Gasteiger partial charge is 0.248 e. The molecule has 0 fully saturated rings. The molecule has 1 heterocycles. The molecule has 1 nitrogen and oxygen atoms in total. The molecule has 0 spiro atoms. The Morgan fingerprint density at radius 2 is 1.92 bits per heavy atom. The average molecular weight is 183 g/mol. The van der Waals surface area contributed by atoms with E-state index < -0.39 is 11.8 Å². The minimum Gasteiger partial charge on any atom is -0.224 e. The average Bonchev–Trinajstić information content (AvgIpc) is 2.15. The van der Waals surface area contributed by atoms with E-state index in [1.165, 1.54) is 6.20 Å². The molecular formula is C10H11F2N. The summed E-state index contributed by atoms with van der Waals surface area (Å²) in [4.78, 5) is 3.15. The molecule has 0 atom stereocenters. The number of pyridine rings is 1. The van der Waals surface area contributed by atoms with E-state index in [1.807, 2.05) is 13.8 Å². The van der Waals surface area contributed by atoms with Crippen molar-refractivity contribution in [1.82, 2.24) is 4.98 Å². The van der Waals surface area contributed by atoms with Crippen molar-refractivity contribution in [2.45, 2.75) is 20.8 Å². The van der Waals surface area contributed by atoms with Crippen LogP contribution < -0.4 is 0 Å². The van der Waals surface area contributed by atoms with Crippen LogP contribution in [0.5, 0.6) is 0 Å². The van der Waals surface area contributed by atoms with Gasteiger partial charge in [0.05, 0.1) is 0 Å². The smallest absolute Gasteiger partial charge is 0.224 e. The maximum atomic E-state index is 12.4. The minimum absolute atomic E-state index is 0.381. The summed E-state index contributed by atoms with van der Waals surface area (Å²) >= 11 is 0. The van der Waals surface area contributed by atoms with Crippen LogP contribution in [0.25, 0.3) is 0 Å². The molecule has 0 unspecified atom stereocenters. The molecule has 0 aliphatic heterocycles. The fourth-order valence-electron chi connectivity index (χ4n) is 0.634. The molecule has 0 saturated carbocycles. The lowest BCUT2D eigenvalue weighted by atomic mass is 10.3. The van der Waals surface area contributed by atoms with Crippen LogP contribution in [0.15, 0.2) is 12.3 Å². The number of aromatic nitrogens is 1. The Kier molecular flexibility index (Phi) is 5.45. The predicted octanol–water partition coefficient (Wildman–Crippen LogP) is 2.76. The van der Waals surface area contributed by atoms with E-state index in [9.17, 15) is 8.78 Å². The van der Waals surface area contributed by atoms with Crippen molar-refractivity contribution in [1.29, 1.82) is 0 Å². The Hall–Kier alpha value is -1.43. The summed E-state index contributed by atoms with van der Waals surface area (Å²) in [5.74, 6) is 3.05. The predicted molar refractivity (Wildman–Crippen MR) is 48.1 cm³/mol. The molecule has 0 aliphatic carbocycles. The summed E-state index contributed by atoms with van der Waals surface area (Å²) in [6.07, 6.45) is 1.19. The zero-order valence-electron chi connectivity index (χ0n) is 7.86. The van der Waals surface area contributed by atoms with Crippen molar-refractivity contribution in [2.75, 3.05) is 0 Å². The SMILES string of the molecule is CC.CC#Cc1cnc(F)c(F)c1. The van der Waals surface area contributed by atoms with Crippen LogP contribution in [0, 0.1) is 23.6 Å². The second-order valence-electron chi connectivity index (χ2n) is 1.87. The Morgan fingerprint density at radius 1 is 1.31 bits per heavy atom. The summed E-state index contributed by atoms with van der Waals surface area (Å²) in [6, 6.07) is 1.01. The van der Waals surface area contributed by atoms with Crippen molar-refractivity contribution >= 4 is 0 Å². The highest BCUT2D eigenvalue weighted by Gasteiger charge is 2.01.